The topological polar surface area (TPSA) is 34.0 Å². The summed E-state index contributed by atoms with van der Waals surface area (Å²) < 4.78 is 15.0. The van der Waals surface area contributed by atoms with Crippen LogP contribution in [0.25, 0.3) is 10.9 Å². The van der Waals surface area contributed by atoms with Crippen LogP contribution < -0.4 is 5.32 Å². The zero-order valence-electron chi connectivity index (χ0n) is 16.8. The molecule has 3 rings (SSSR count). The molecule has 28 heavy (non-hydrogen) atoms. The van der Waals surface area contributed by atoms with E-state index in [1.54, 1.807) is 12.1 Å². The van der Waals surface area contributed by atoms with Crippen LogP contribution in [0.5, 0.6) is 0 Å². The average Bonchev–Trinajstić information content (AvgIpc) is 2.95. The van der Waals surface area contributed by atoms with Crippen molar-refractivity contribution < 1.29 is 9.18 Å². The second-order valence-electron chi connectivity index (χ2n) is 7.44. The molecule has 0 saturated carbocycles. The molecular formula is C24H27FN2O. The number of nitrogens with zero attached hydrogens (tertiary/aromatic N) is 1. The number of hydrogen-bond donors (Lipinski definition) is 1. The van der Waals surface area contributed by atoms with E-state index in [-0.39, 0.29) is 11.7 Å². The number of rotatable bonds is 7. The Labute approximate surface area is 165 Å². The maximum atomic E-state index is 13.0. The molecule has 3 nitrogen and oxygen atoms in total. The van der Waals surface area contributed by atoms with Crippen molar-refractivity contribution in [1.29, 1.82) is 0 Å². The van der Waals surface area contributed by atoms with Gasteiger partial charge in [-0.25, -0.2) is 4.39 Å². The molecule has 0 aliphatic rings. The van der Waals surface area contributed by atoms with Crippen molar-refractivity contribution in [1.82, 2.24) is 9.88 Å². The number of carbonyl (C=O) groups excluding carboxylic acids is 1. The molecule has 0 unspecified atom stereocenters. The van der Waals surface area contributed by atoms with E-state index in [1.807, 2.05) is 17.6 Å². The number of carbonyl (C=O) groups is 1. The van der Waals surface area contributed by atoms with Crippen molar-refractivity contribution in [3.63, 3.8) is 0 Å². The molecule has 0 fully saturated rings. The van der Waals surface area contributed by atoms with E-state index in [0.29, 0.717) is 31.1 Å². The molecule has 0 atom stereocenters. The minimum atomic E-state index is -0.252. The summed E-state index contributed by atoms with van der Waals surface area (Å²) in [6.45, 7) is 11.3. The van der Waals surface area contributed by atoms with Gasteiger partial charge in [0.15, 0.2) is 0 Å². The number of hydrogen-bond acceptors (Lipinski definition) is 1. The van der Waals surface area contributed by atoms with Crippen LogP contribution in [0.3, 0.4) is 0 Å². The molecule has 1 heterocycles. The van der Waals surface area contributed by atoms with Crippen LogP contribution >= 0.6 is 0 Å². The summed E-state index contributed by atoms with van der Waals surface area (Å²) in [5, 5.41) is 4.12. The molecule has 0 bridgehead atoms. The first-order chi connectivity index (χ1) is 13.4. The highest BCUT2D eigenvalue weighted by Crippen LogP contribution is 2.29. The lowest BCUT2D eigenvalue weighted by Gasteiger charge is -2.10. The van der Waals surface area contributed by atoms with Crippen molar-refractivity contribution in [3.8, 4) is 0 Å². The Morgan fingerprint density at radius 2 is 1.93 bits per heavy atom. The fraction of sp³-hybridized carbons (Fsp3) is 0.292. The fourth-order valence-corrected chi connectivity index (χ4v) is 3.57. The van der Waals surface area contributed by atoms with Gasteiger partial charge in [0.1, 0.15) is 11.5 Å². The average molecular weight is 378 g/mol. The molecule has 2 aromatic carbocycles. The Hall–Kier alpha value is -2.88. The highest BCUT2D eigenvalue weighted by molar-refractivity contribution is 6.01. The largest absolute Gasteiger partial charge is 0.350 e. The highest BCUT2D eigenvalue weighted by atomic mass is 19.1. The van der Waals surface area contributed by atoms with Crippen molar-refractivity contribution in [2.24, 2.45) is 0 Å². The van der Waals surface area contributed by atoms with Gasteiger partial charge in [0.05, 0.1) is 0 Å². The Morgan fingerprint density at radius 1 is 1.21 bits per heavy atom. The van der Waals surface area contributed by atoms with Gasteiger partial charge in [0, 0.05) is 24.0 Å². The standard InChI is InChI=1S/C24H27FN2O/c1-5-14-27-22-11-8-19(16(2)3)15-21(22)17(4)23(27)24(28)26-13-12-18-6-9-20(25)10-7-18/h5-11,15-16H,1,12-14H2,2-4H3,(H,26,28). The smallest absolute Gasteiger partial charge is 0.268 e. The van der Waals surface area contributed by atoms with E-state index >= 15 is 0 Å². The van der Waals surface area contributed by atoms with Gasteiger partial charge in [-0.05, 0) is 60.2 Å². The molecule has 3 aromatic rings. The van der Waals surface area contributed by atoms with Gasteiger partial charge >= 0.3 is 0 Å². The Balaban J connectivity index is 1.86. The molecule has 0 aliphatic heterocycles. The van der Waals surface area contributed by atoms with Crippen LogP contribution in [0.15, 0.2) is 55.1 Å². The van der Waals surface area contributed by atoms with Crippen LogP contribution in [0.4, 0.5) is 4.39 Å². The summed E-state index contributed by atoms with van der Waals surface area (Å²) in [5.41, 5.74) is 4.96. The van der Waals surface area contributed by atoms with Crippen LogP contribution in [0.2, 0.25) is 0 Å². The van der Waals surface area contributed by atoms with Gasteiger partial charge in [0.2, 0.25) is 0 Å². The van der Waals surface area contributed by atoms with Gasteiger partial charge in [-0.15, -0.1) is 6.58 Å². The molecule has 0 aliphatic carbocycles. The van der Waals surface area contributed by atoms with Crippen LogP contribution in [0.1, 0.15) is 46.9 Å². The predicted octanol–water partition coefficient (Wildman–Crippen LogP) is 5.37. The van der Waals surface area contributed by atoms with E-state index in [0.717, 1.165) is 22.0 Å². The number of benzene rings is 2. The van der Waals surface area contributed by atoms with Gasteiger partial charge in [0.25, 0.3) is 5.91 Å². The SMILES string of the molecule is C=CCn1c(C(=O)NCCc2ccc(F)cc2)c(C)c2cc(C(C)C)ccc21. The zero-order valence-corrected chi connectivity index (χ0v) is 16.8. The summed E-state index contributed by atoms with van der Waals surface area (Å²) in [7, 11) is 0. The molecular weight excluding hydrogens is 351 g/mol. The zero-order chi connectivity index (χ0) is 20.3. The maximum Gasteiger partial charge on any atom is 0.268 e. The summed E-state index contributed by atoms with van der Waals surface area (Å²) in [6, 6.07) is 12.8. The number of aromatic nitrogens is 1. The molecule has 4 heteroatoms. The number of halogens is 1. The summed E-state index contributed by atoms with van der Waals surface area (Å²) in [4.78, 5) is 13.0. The molecule has 1 aromatic heterocycles. The first-order valence-electron chi connectivity index (χ1n) is 9.68. The molecule has 146 valence electrons. The van der Waals surface area contributed by atoms with Crippen LogP contribution in [-0.4, -0.2) is 17.0 Å². The predicted molar refractivity (Wildman–Crippen MR) is 113 cm³/mol. The van der Waals surface area contributed by atoms with E-state index in [2.05, 4.69) is 43.9 Å². The summed E-state index contributed by atoms with van der Waals surface area (Å²) in [5.74, 6) is 0.0846. The van der Waals surface area contributed by atoms with Crippen molar-refractivity contribution in [3.05, 3.63) is 83.3 Å². The Bertz CT molecular complexity index is 1000. The molecule has 1 amide bonds. The van der Waals surface area contributed by atoms with E-state index in [9.17, 15) is 9.18 Å². The fourth-order valence-electron chi connectivity index (χ4n) is 3.57. The van der Waals surface area contributed by atoms with E-state index < -0.39 is 0 Å². The van der Waals surface area contributed by atoms with E-state index in [1.165, 1.54) is 17.7 Å². The molecule has 0 spiro atoms. The quantitative estimate of drug-likeness (QED) is 0.551. The van der Waals surface area contributed by atoms with Crippen molar-refractivity contribution in [2.75, 3.05) is 6.54 Å². The van der Waals surface area contributed by atoms with E-state index in [4.69, 9.17) is 0 Å². The summed E-state index contributed by atoms with van der Waals surface area (Å²) >= 11 is 0. The highest BCUT2D eigenvalue weighted by Gasteiger charge is 2.20. The van der Waals surface area contributed by atoms with Gasteiger partial charge in [-0.2, -0.15) is 0 Å². The van der Waals surface area contributed by atoms with Crippen LogP contribution in [0, 0.1) is 12.7 Å². The van der Waals surface area contributed by atoms with Crippen molar-refractivity contribution >= 4 is 16.8 Å². The monoisotopic (exact) mass is 378 g/mol. The third kappa shape index (κ3) is 4.01. The first kappa shape index (κ1) is 19.9. The molecule has 0 saturated heterocycles. The van der Waals surface area contributed by atoms with Gasteiger partial charge < -0.3 is 9.88 Å². The number of amides is 1. The molecule has 0 radical (unpaired) electrons. The lowest BCUT2D eigenvalue weighted by Crippen LogP contribution is -2.28. The Morgan fingerprint density at radius 3 is 2.57 bits per heavy atom. The lowest BCUT2D eigenvalue weighted by atomic mass is 10.0. The minimum Gasteiger partial charge on any atom is -0.350 e. The third-order valence-electron chi connectivity index (χ3n) is 5.15. The maximum absolute atomic E-state index is 13.0. The number of nitrogens with one attached hydrogen (secondary N) is 1. The minimum absolute atomic E-state index is 0.0937. The second kappa shape index (κ2) is 8.42. The second-order valence-corrected chi connectivity index (χ2v) is 7.44. The number of fused-ring (bicyclic) bond motifs is 1. The normalized spacial score (nSPS) is 11.2. The van der Waals surface area contributed by atoms with Crippen LogP contribution in [-0.2, 0) is 13.0 Å². The van der Waals surface area contributed by atoms with Crippen molar-refractivity contribution in [2.45, 2.75) is 39.7 Å². The number of allylic oxidation sites excluding steroid dienone is 1. The lowest BCUT2D eigenvalue weighted by molar-refractivity contribution is 0.0945. The third-order valence-corrected chi connectivity index (χ3v) is 5.15. The Kier molecular flexibility index (Phi) is 5.98. The first-order valence-corrected chi connectivity index (χ1v) is 9.68. The number of aryl methyl sites for hydroxylation is 1. The molecule has 1 N–H and O–H groups in total. The van der Waals surface area contributed by atoms with Gasteiger partial charge in [-0.1, -0.05) is 38.1 Å². The van der Waals surface area contributed by atoms with Gasteiger partial charge in [-0.3, -0.25) is 4.79 Å². The summed E-state index contributed by atoms with van der Waals surface area (Å²) in [6.07, 6.45) is 2.47.